The van der Waals surface area contributed by atoms with Crippen LogP contribution in [0.5, 0.6) is 0 Å². The highest BCUT2D eigenvalue weighted by atomic mass is 35.5. The van der Waals surface area contributed by atoms with Crippen LogP contribution in [-0.2, 0) is 0 Å². The quantitative estimate of drug-likeness (QED) is 0.594. The van der Waals surface area contributed by atoms with Gasteiger partial charge in [0.15, 0.2) is 0 Å². The molecular weight excluding hydrogens is 196 g/mol. The monoisotopic (exact) mass is 205 g/mol. The summed E-state index contributed by atoms with van der Waals surface area (Å²) in [4.78, 5) is 15.2. The van der Waals surface area contributed by atoms with Crippen LogP contribution >= 0.6 is 22.3 Å². The molecule has 1 atom stereocenters. The zero-order chi connectivity index (χ0) is 9.30. The SMILES string of the molecule is CCC(=O)c1nc(C)c(Cl)[s+]1N. The zero-order valence-electron chi connectivity index (χ0n) is 6.93. The molecule has 12 heavy (non-hydrogen) atoms. The fourth-order valence-electron chi connectivity index (χ4n) is 0.826. The molecule has 0 aliphatic heterocycles. The van der Waals surface area contributed by atoms with Crippen molar-refractivity contribution < 1.29 is 4.79 Å². The largest absolute Gasteiger partial charge is 0.332 e. The summed E-state index contributed by atoms with van der Waals surface area (Å²) in [5.74, 6) is -0.0177. The average Bonchev–Trinajstić information content (AvgIpc) is 2.32. The summed E-state index contributed by atoms with van der Waals surface area (Å²) in [6.45, 7) is 3.54. The zero-order valence-corrected chi connectivity index (χ0v) is 8.50. The topological polar surface area (TPSA) is 56.0 Å². The van der Waals surface area contributed by atoms with E-state index >= 15 is 0 Å². The molecule has 5 heteroatoms. The van der Waals surface area contributed by atoms with Crippen LogP contribution in [-0.4, -0.2) is 10.8 Å². The second-order valence-electron chi connectivity index (χ2n) is 2.39. The Kier molecular flexibility index (Phi) is 2.82. The van der Waals surface area contributed by atoms with Crippen molar-refractivity contribution in [2.24, 2.45) is 0 Å². The number of hydrogen-bond acceptors (Lipinski definition) is 3. The summed E-state index contributed by atoms with van der Waals surface area (Å²) in [5, 5.41) is 6.09. The summed E-state index contributed by atoms with van der Waals surface area (Å²) >= 11 is 5.81. The van der Waals surface area contributed by atoms with Gasteiger partial charge in [-0.3, -0.25) is 4.79 Å². The highest BCUT2D eigenvalue weighted by Gasteiger charge is 2.27. The first-order chi connectivity index (χ1) is 5.57. The Morgan fingerprint density at radius 2 is 2.33 bits per heavy atom. The van der Waals surface area contributed by atoms with Crippen molar-refractivity contribution in [3.8, 4) is 0 Å². The number of aryl methyl sites for hydroxylation is 1. The maximum absolute atomic E-state index is 11.2. The van der Waals surface area contributed by atoms with Gasteiger partial charge in [-0.25, -0.2) is 0 Å². The Labute approximate surface area is 78.7 Å². The fourth-order valence-corrected chi connectivity index (χ4v) is 2.25. The molecule has 1 rings (SSSR count). The summed E-state index contributed by atoms with van der Waals surface area (Å²) in [5.41, 5.74) is 0.666. The lowest BCUT2D eigenvalue weighted by molar-refractivity contribution is 0.0987. The molecule has 1 aromatic heterocycles. The molecular formula is C7H10ClN2OS+. The molecule has 0 amide bonds. The average molecular weight is 206 g/mol. The Morgan fingerprint density at radius 3 is 2.67 bits per heavy atom. The van der Waals surface area contributed by atoms with Gasteiger partial charge in [-0.1, -0.05) is 6.92 Å². The van der Waals surface area contributed by atoms with Crippen LogP contribution < -0.4 is 5.14 Å². The van der Waals surface area contributed by atoms with Crippen LogP contribution in [0, 0.1) is 6.92 Å². The van der Waals surface area contributed by atoms with Gasteiger partial charge in [-0.05, 0) is 18.5 Å². The molecule has 0 radical (unpaired) electrons. The number of hydrogen-bond donors (Lipinski definition) is 1. The Bertz CT molecular complexity index is 321. The highest BCUT2D eigenvalue weighted by molar-refractivity contribution is 7.35. The van der Waals surface area contributed by atoms with Crippen LogP contribution in [0.3, 0.4) is 0 Å². The fraction of sp³-hybridized carbons (Fsp3) is 0.429. The number of thiazole rings is 1. The van der Waals surface area contributed by atoms with Crippen molar-refractivity contribution in [3.63, 3.8) is 0 Å². The van der Waals surface area contributed by atoms with Crippen LogP contribution in [0.1, 0.15) is 28.8 Å². The van der Waals surface area contributed by atoms with E-state index in [0.29, 0.717) is 21.5 Å². The van der Waals surface area contributed by atoms with Crippen molar-refractivity contribution in [2.45, 2.75) is 20.3 Å². The maximum Gasteiger partial charge on any atom is 0.332 e. The summed E-state index contributed by atoms with van der Waals surface area (Å²) in [6, 6.07) is 0. The van der Waals surface area contributed by atoms with E-state index in [1.54, 1.807) is 13.8 Å². The van der Waals surface area contributed by atoms with E-state index in [-0.39, 0.29) is 5.78 Å². The predicted octanol–water partition coefficient (Wildman–Crippen LogP) is 2.10. The second kappa shape index (κ2) is 3.51. The lowest BCUT2D eigenvalue weighted by Crippen LogP contribution is -1.99. The molecule has 0 bridgehead atoms. The van der Waals surface area contributed by atoms with E-state index < -0.39 is 10.7 Å². The lowest BCUT2D eigenvalue weighted by Gasteiger charge is -1.83. The van der Waals surface area contributed by atoms with E-state index in [0.717, 1.165) is 0 Å². The van der Waals surface area contributed by atoms with Gasteiger partial charge in [-0.15, -0.1) is 5.14 Å². The third-order valence-electron chi connectivity index (χ3n) is 1.51. The van der Waals surface area contributed by atoms with Crippen LogP contribution in [0.4, 0.5) is 0 Å². The van der Waals surface area contributed by atoms with E-state index in [1.807, 2.05) is 0 Å². The highest BCUT2D eigenvalue weighted by Crippen LogP contribution is 2.30. The number of nitrogen functional groups attached to an aromatic ring is 1. The molecule has 0 aliphatic rings. The molecule has 0 aromatic carbocycles. The van der Waals surface area contributed by atoms with Gasteiger partial charge in [0, 0.05) is 6.42 Å². The number of nitrogens with two attached hydrogens (primary N) is 1. The van der Waals surface area contributed by atoms with Gasteiger partial charge < -0.3 is 0 Å². The van der Waals surface area contributed by atoms with E-state index in [9.17, 15) is 4.79 Å². The van der Waals surface area contributed by atoms with Gasteiger partial charge in [0.2, 0.25) is 5.78 Å². The Balaban J connectivity index is 3.17. The predicted molar refractivity (Wildman–Crippen MR) is 51.2 cm³/mol. The molecule has 66 valence electrons. The molecule has 0 fully saturated rings. The molecule has 0 saturated carbocycles. The normalized spacial score (nSPS) is 11.8. The lowest BCUT2D eigenvalue weighted by atomic mass is 10.3. The number of aromatic nitrogens is 1. The molecule has 2 N–H and O–H groups in total. The minimum absolute atomic E-state index is 0.0177. The minimum atomic E-state index is -0.770. The van der Waals surface area contributed by atoms with Gasteiger partial charge >= 0.3 is 5.01 Å². The van der Waals surface area contributed by atoms with E-state index in [1.165, 1.54) is 0 Å². The number of ketones is 1. The summed E-state index contributed by atoms with van der Waals surface area (Å²) in [7, 11) is -0.770. The van der Waals surface area contributed by atoms with Crippen LogP contribution in [0.15, 0.2) is 0 Å². The summed E-state index contributed by atoms with van der Waals surface area (Å²) < 4.78 is 0.506. The molecule has 1 aromatic rings. The number of nitrogens with zero attached hydrogens (tertiary/aromatic N) is 1. The third-order valence-corrected chi connectivity index (χ3v) is 3.70. The Hall–Kier alpha value is -0.450. The molecule has 1 heterocycles. The van der Waals surface area contributed by atoms with Gasteiger partial charge in [0.25, 0.3) is 4.34 Å². The molecule has 0 spiro atoms. The first kappa shape index (κ1) is 9.64. The van der Waals surface area contributed by atoms with E-state index in [2.05, 4.69) is 4.98 Å². The van der Waals surface area contributed by atoms with Gasteiger partial charge in [-0.2, -0.15) is 4.98 Å². The van der Waals surface area contributed by atoms with Crippen molar-refractivity contribution in [2.75, 3.05) is 5.14 Å². The number of carbonyl (C=O) groups excluding carboxylic acids is 1. The van der Waals surface area contributed by atoms with Crippen LogP contribution in [0.2, 0.25) is 4.34 Å². The molecule has 1 unspecified atom stereocenters. The van der Waals surface area contributed by atoms with Crippen molar-refractivity contribution in [3.05, 3.63) is 15.0 Å². The van der Waals surface area contributed by atoms with Gasteiger partial charge in [0.1, 0.15) is 16.3 Å². The first-order valence-corrected chi connectivity index (χ1v) is 5.21. The maximum atomic E-state index is 11.2. The number of Topliss-reactive ketones (excluding diaryl/α,β-unsaturated/α-hetero) is 1. The van der Waals surface area contributed by atoms with E-state index in [4.69, 9.17) is 16.7 Å². The number of rotatable bonds is 2. The summed E-state index contributed by atoms with van der Waals surface area (Å²) in [6.07, 6.45) is 0.428. The minimum Gasteiger partial charge on any atom is -0.287 e. The first-order valence-electron chi connectivity index (χ1n) is 3.54. The Morgan fingerprint density at radius 1 is 1.75 bits per heavy atom. The van der Waals surface area contributed by atoms with Crippen molar-refractivity contribution in [1.82, 2.24) is 4.98 Å². The van der Waals surface area contributed by atoms with Crippen molar-refractivity contribution >= 4 is 28.0 Å². The molecule has 3 nitrogen and oxygen atoms in total. The molecule has 0 saturated heterocycles. The van der Waals surface area contributed by atoms with Gasteiger partial charge in [0.05, 0.1) is 0 Å². The smallest absolute Gasteiger partial charge is 0.287 e. The number of carbonyl (C=O) groups is 1. The number of halogens is 1. The van der Waals surface area contributed by atoms with Crippen molar-refractivity contribution in [1.29, 1.82) is 0 Å². The molecule has 0 aliphatic carbocycles. The second-order valence-corrected chi connectivity index (χ2v) is 4.46. The third kappa shape index (κ3) is 1.50. The van der Waals surface area contributed by atoms with Crippen LogP contribution in [0.25, 0.3) is 0 Å². The standard InChI is InChI=1S/C7H10ClN2OS/c1-3-5(11)7-10-4(2)6(8)12(7)9/h3,9H2,1-2H3/q+1.